The molecule has 4 N–H and O–H groups in total. The lowest BCUT2D eigenvalue weighted by atomic mass is 10.1. The molecule has 0 aliphatic rings. The van der Waals surface area contributed by atoms with Crippen molar-refractivity contribution in [1.82, 2.24) is 9.55 Å². The molecule has 7 heteroatoms. The number of hydrogen-bond donors (Lipinski definition) is 2. The predicted octanol–water partition coefficient (Wildman–Crippen LogP) is 0.946. The standard InChI is InChI=1S/C11H21N5O2/c1-9-14-8-11(16(17)18)15(9)7-5-10(13)4-2-3-6-12/h8,10H,2-7,12-13H2,1H3. The Balaban J connectivity index is 2.47. The van der Waals surface area contributed by atoms with E-state index in [1.807, 2.05) is 0 Å². The third-order valence-corrected chi connectivity index (χ3v) is 2.97. The smallest absolute Gasteiger partial charge is 0.342 e. The minimum atomic E-state index is -0.417. The van der Waals surface area contributed by atoms with E-state index in [4.69, 9.17) is 11.5 Å². The maximum atomic E-state index is 10.8. The molecule has 1 aromatic rings. The molecule has 102 valence electrons. The molecular weight excluding hydrogens is 234 g/mol. The number of rotatable bonds is 8. The van der Waals surface area contributed by atoms with Crippen LogP contribution in [0.1, 0.15) is 31.5 Å². The van der Waals surface area contributed by atoms with Crippen LogP contribution in [0.3, 0.4) is 0 Å². The average molecular weight is 255 g/mol. The average Bonchev–Trinajstić information content (AvgIpc) is 2.68. The first-order valence-electron chi connectivity index (χ1n) is 6.18. The van der Waals surface area contributed by atoms with Crippen molar-refractivity contribution < 1.29 is 4.92 Å². The molecule has 0 aromatic carbocycles. The first-order chi connectivity index (χ1) is 8.56. The number of hydrogen-bond acceptors (Lipinski definition) is 5. The van der Waals surface area contributed by atoms with Crippen LogP contribution in [0.25, 0.3) is 0 Å². The lowest BCUT2D eigenvalue weighted by Gasteiger charge is -2.10. The van der Waals surface area contributed by atoms with Crippen LogP contribution in [0, 0.1) is 17.0 Å². The molecular formula is C11H21N5O2. The molecule has 0 radical (unpaired) electrons. The molecule has 1 rings (SSSR count). The highest BCUT2D eigenvalue weighted by Crippen LogP contribution is 2.15. The van der Waals surface area contributed by atoms with Crippen molar-refractivity contribution in [2.24, 2.45) is 11.5 Å². The molecule has 0 fully saturated rings. The molecule has 0 bridgehead atoms. The van der Waals surface area contributed by atoms with E-state index in [-0.39, 0.29) is 11.9 Å². The molecule has 0 aliphatic heterocycles. The number of nitrogens with zero attached hydrogens (tertiary/aromatic N) is 3. The van der Waals surface area contributed by atoms with Gasteiger partial charge >= 0.3 is 5.82 Å². The van der Waals surface area contributed by atoms with Crippen LogP contribution in [0.2, 0.25) is 0 Å². The molecule has 0 saturated carbocycles. The summed E-state index contributed by atoms with van der Waals surface area (Å²) < 4.78 is 1.60. The van der Waals surface area contributed by atoms with Crippen LogP contribution in [-0.2, 0) is 6.54 Å². The molecule has 18 heavy (non-hydrogen) atoms. The lowest BCUT2D eigenvalue weighted by Crippen LogP contribution is -2.22. The summed E-state index contributed by atoms with van der Waals surface area (Å²) in [4.78, 5) is 14.3. The van der Waals surface area contributed by atoms with Gasteiger partial charge < -0.3 is 21.6 Å². The minimum absolute atomic E-state index is 0.0293. The summed E-state index contributed by atoms with van der Waals surface area (Å²) in [5.41, 5.74) is 11.4. The van der Waals surface area contributed by atoms with Crippen LogP contribution >= 0.6 is 0 Å². The Hall–Kier alpha value is -1.47. The molecule has 1 unspecified atom stereocenters. The van der Waals surface area contributed by atoms with Crippen molar-refractivity contribution in [3.8, 4) is 0 Å². The topological polar surface area (TPSA) is 113 Å². The van der Waals surface area contributed by atoms with Gasteiger partial charge in [-0.3, -0.25) is 0 Å². The highest BCUT2D eigenvalue weighted by atomic mass is 16.6. The van der Waals surface area contributed by atoms with E-state index < -0.39 is 4.92 Å². The van der Waals surface area contributed by atoms with Gasteiger partial charge in [-0.1, -0.05) is 6.42 Å². The zero-order valence-electron chi connectivity index (χ0n) is 10.7. The molecule has 0 spiro atoms. The number of imidazole rings is 1. The van der Waals surface area contributed by atoms with Gasteiger partial charge in [-0.15, -0.1) is 0 Å². The van der Waals surface area contributed by atoms with Crippen molar-refractivity contribution in [3.05, 3.63) is 22.1 Å². The second-order valence-electron chi connectivity index (χ2n) is 4.41. The quantitative estimate of drug-likeness (QED) is 0.408. The van der Waals surface area contributed by atoms with Gasteiger partial charge in [-0.25, -0.2) is 9.55 Å². The van der Waals surface area contributed by atoms with Crippen LogP contribution in [0.4, 0.5) is 5.82 Å². The number of nitro groups is 1. The zero-order chi connectivity index (χ0) is 13.5. The predicted molar refractivity (Wildman–Crippen MR) is 69.1 cm³/mol. The van der Waals surface area contributed by atoms with Crippen molar-refractivity contribution in [2.45, 2.75) is 45.2 Å². The minimum Gasteiger partial charge on any atom is -0.358 e. The van der Waals surface area contributed by atoms with Gasteiger partial charge in [0.25, 0.3) is 0 Å². The van der Waals surface area contributed by atoms with Gasteiger partial charge in [0.1, 0.15) is 6.20 Å². The summed E-state index contributed by atoms with van der Waals surface area (Å²) in [6.45, 7) is 2.97. The summed E-state index contributed by atoms with van der Waals surface area (Å²) in [6.07, 6.45) is 4.87. The fourth-order valence-corrected chi connectivity index (χ4v) is 1.87. The van der Waals surface area contributed by atoms with Gasteiger partial charge in [0.05, 0.1) is 6.54 Å². The van der Waals surface area contributed by atoms with Gasteiger partial charge in [0.2, 0.25) is 0 Å². The van der Waals surface area contributed by atoms with Crippen LogP contribution in [0.15, 0.2) is 6.20 Å². The van der Waals surface area contributed by atoms with Crippen molar-refractivity contribution in [3.63, 3.8) is 0 Å². The SMILES string of the molecule is Cc1ncc([N+](=O)[O-])n1CCC(N)CCCCN. The summed E-state index contributed by atoms with van der Waals surface area (Å²) in [5, 5.41) is 10.8. The fourth-order valence-electron chi connectivity index (χ4n) is 1.87. The first kappa shape index (κ1) is 14.6. The van der Waals surface area contributed by atoms with Crippen LogP contribution in [0.5, 0.6) is 0 Å². The second-order valence-corrected chi connectivity index (χ2v) is 4.41. The van der Waals surface area contributed by atoms with Crippen LogP contribution in [-0.4, -0.2) is 27.1 Å². The largest absolute Gasteiger partial charge is 0.358 e. The first-order valence-corrected chi connectivity index (χ1v) is 6.18. The third kappa shape index (κ3) is 4.08. The molecule has 1 atom stereocenters. The molecule has 0 aliphatic carbocycles. The molecule has 1 aromatic heterocycles. The number of nitrogens with two attached hydrogens (primary N) is 2. The number of unbranched alkanes of at least 4 members (excludes halogenated alkanes) is 1. The lowest BCUT2D eigenvalue weighted by molar-refractivity contribution is -0.392. The van der Waals surface area contributed by atoms with Gasteiger partial charge in [-0.2, -0.15) is 0 Å². The molecule has 7 nitrogen and oxygen atoms in total. The van der Waals surface area contributed by atoms with E-state index in [9.17, 15) is 10.1 Å². The summed E-state index contributed by atoms with van der Waals surface area (Å²) >= 11 is 0. The molecule has 1 heterocycles. The molecule has 0 amide bonds. The fraction of sp³-hybridized carbons (Fsp3) is 0.727. The normalized spacial score (nSPS) is 12.6. The monoisotopic (exact) mass is 255 g/mol. The van der Waals surface area contributed by atoms with E-state index in [0.717, 1.165) is 19.3 Å². The Kier molecular flexibility index (Phi) is 5.73. The van der Waals surface area contributed by atoms with E-state index >= 15 is 0 Å². The van der Waals surface area contributed by atoms with Crippen LogP contribution < -0.4 is 11.5 Å². The zero-order valence-corrected chi connectivity index (χ0v) is 10.7. The Morgan fingerprint density at radius 2 is 2.22 bits per heavy atom. The van der Waals surface area contributed by atoms with Gasteiger partial charge in [0, 0.05) is 19.4 Å². The second kappa shape index (κ2) is 7.07. The Labute approximate surface area is 106 Å². The Morgan fingerprint density at radius 3 is 2.83 bits per heavy atom. The third-order valence-electron chi connectivity index (χ3n) is 2.97. The number of aryl methyl sites for hydroxylation is 1. The van der Waals surface area contributed by atoms with Crippen molar-refractivity contribution in [1.29, 1.82) is 0 Å². The maximum absolute atomic E-state index is 10.8. The van der Waals surface area contributed by atoms with E-state index in [2.05, 4.69) is 4.98 Å². The summed E-state index contributed by atoms with van der Waals surface area (Å²) in [5.74, 6) is 0.678. The maximum Gasteiger partial charge on any atom is 0.342 e. The van der Waals surface area contributed by atoms with E-state index in [0.29, 0.717) is 25.3 Å². The highest BCUT2D eigenvalue weighted by molar-refractivity contribution is 5.18. The number of aromatic nitrogens is 2. The van der Waals surface area contributed by atoms with E-state index in [1.165, 1.54) is 6.20 Å². The highest BCUT2D eigenvalue weighted by Gasteiger charge is 2.17. The van der Waals surface area contributed by atoms with E-state index in [1.54, 1.807) is 11.5 Å². The summed E-state index contributed by atoms with van der Waals surface area (Å²) in [7, 11) is 0. The van der Waals surface area contributed by atoms with Gasteiger partial charge in [0.15, 0.2) is 5.82 Å². The van der Waals surface area contributed by atoms with Crippen molar-refractivity contribution >= 4 is 5.82 Å². The summed E-state index contributed by atoms with van der Waals surface area (Å²) in [6, 6.07) is 0.0537. The van der Waals surface area contributed by atoms with Gasteiger partial charge in [-0.05, 0) is 24.3 Å². The Bertz CT molecular complexity index is 391. The Morgan fingerprint density at radius 1 is 1.50 bits per heavy atom. The molecule has 0 saturated heterocycles. The van der Waals surface area contributed by atoms with Crippen molar-refractivity contribution in [2.75, 3.05) is 6.54 Å².